The normalized spacial score (nSPS) is 13.9. The third-order valence-electron chi connectivity index (χ3n) is 4.37. The lowest BCUT2D eigenvalue weighted by molar-refractivity contribution is 0.402. The summed E-state index contributed by atoms with van der Waals surface area (Å²) in [5, 5.41) is 9.48. The van der Waals surface area contributed by atoms with E-state index < -0.39 is 0 Å². The second-order valence-electron chi connectivity index (χ2n) is 6.71. The molecule has 4 rings (SSSR count). The fourth-order valence-corrected chi connectivity index (χ4v) is 5.26. The Morgan fingerprint density at radius 3 is 3.08 bits per heavy atom. The zero-order valence-electron chi connectivity index (χ0n) is 14.3. The van der Waals surface area contributed by atoms with Crippen molar-refractivity contribution in [3.8, 4) is 0 Å². The smallest absolute Gasteiger partial charge is 0.276 e. The summed E-state index contributed by atoms with van der Waals surface area (Å²) in [4.78, 5) is 19.5. The van der Waals surface area contributed by atoms with Crippen molar-refractivity contribution in [1.29, 1.82) is 0 Å². The fourth-order valence-electron chi connectivity index (χ4n) is 3.02. The Balaban J connectivity index is 1.54. The van der Waals surface area contributed by atoms with Gasteiger partial charge in [-0.05, 0) is 37.2 Å². The Bertz CT molecular complexity index is 957. The Labute approximate surface area is 153 Å². The Morgan fingerprint density at radius 1 is 1.36 bits per heavy atom. The molecule has 1 aliphatic rings. The van der Waals surface area contributed by atoms with Gasteiger partial charge >= 0.3 is 0 Å². The summed E-state index contributed by atoms with van der Waals surface area (Å²) in [6, 6.07) is 0. The zero-order chi connectivity index (χ0) is 17.4. The number of hydrogen-bond acceptors (Lipinski definition) is 7. The lowest BCUT2D eigenvalue weighted by Gasteiger charge is -2.02. The summed E-state index contributed by atoms with van der Waals surface area (Å²) >= 11 is 3.21. The highest BCUT2D eigenvalue weighted by atomic mass is 32.2. The van der Waals surface area contributed by atoms with Gasteiger partial charge in [0.2, 0.25) is 5.89 Å². The maximum absolute atomic E-state index is 12.8. The molecule has 132 valence electrons. The summed E-state index contributed by atoms with van der Waals surface area (Å²) in [6.45, 7) is 4.65. The first-order chi connectivity index (χ1) is 12.1. The third kappa shape index (κ3) is 3.37. The van der Waals surface area contributed by atoms with E-state index in [-0.39, 0.29) is 12.1 Å². The Kier molecular flexibility index (Phi) is 4.64. The molecule has 0 spiro atoms. The van der Waals surface area contributed by atoms with Gasteiger partial charge < -0.3 is 4.42 Å². The molecule has 25 heavy (non-hydrogen) atoms. The van der Waals surface area contributed by atoms with E-state index in [0.717, 1.165) is 41.7 Å². The van der Waals surface area contributed by atoms with Gasteiger partial charge in [0, 0.05) is 10.6 Å². The molecule has 3 heterocycles. The predicted octanol–water partition coefficient (Wildman–Crippen LogP) is 3.52. The first-order valence-electron chi connectivity index (χ1n) is 8.56. The van der Waals surface area contributed by atoms with Crippen molar-refractivity contribution in [3.05, 3.63) is 33.0 Å². The molecule has 8 heteroatoms. The second-order valence-corrected chi connectivity index (χ2v) is 8.84. The molecule has 0 aromatic carbocycles. The molecule has 0 unspecified atom stereocenters. The average Bonchev–Trinajstić information content (AvgIpc) is 3.25. The van der Waals surface area contributed by atoms with Crippen molar-refractivity contribution in [2.75, 3.05) is 5.75 Å². The van der Waals surface area contributed by atoms with Crippen molar-refractivity contribution in [3.63, 3.8) is 0 Å². The van der Waals surface area contributed by atoms with Crippen LogP contribution in [0.2, 0.25) is 0 Å². The number of aromatic nitrogens is 4. The van der Waals surface area contributed by atoms with E-state index >= 15 is 0 Å². The SMILES string of the molecule is CC(C)CCSc1nnc(Cn2cnc3sc4c(c3c2=O)CCC4)o1. The van der Waals surface area contributed by atoms with Crippen LogP contribution in [0.3, 0.4) is 0 Å². The van der Waals surface area contributed by atoms with Gasteiger partial charge in [-0.25, -0.2) is 4.98 Å². The van der Waals surface area contributed by atoms with E-state index in [9.17, 15) is 4.79 Å². The van der Waals surface area contributed by atoms with Gasteiger partial charge in [-0.3, -0.25) is 9.36 Å². The zero-order valence-corrected chi connectivity index (χ0v) is 16.0. The summed E-state index contributed by atoms with van der Waals surface area (Å²) in [6.07, 6.45) is 5.87. The first kappa shape index (κ1) is 16.8. The molecule has 0 saturated heterocycles. The lowest BCUT2D eigenvalue weighted by Crippen LogP contribution is -2.21. The van der Waals surface area contributed by atoms with Crippen LogP contribution in [-0.4, -0.2) is 25.5 Å². The number of fused-ring (bicyclic) bond motifs is 3. The molecule has 0 aliphatic heterocycles. The van der Waals surface area contributed by atoms with E-state index in [2.05, 4.69) is 29.0 Å². The van der Waals surface area contributed by atoms with Crippen molar-refractivity contribution >= 4 is 33.3 Å². The van der Waals surface area contributed by atoms with Crippen LogP contribution in [-0.2, 0) is 19.4 Å². The molecule has 6 nitrogen and oxygen atoms in total. The van der Waals surface area contributed by atoms with Gasteiger partial charge in [0.25, 0.3) is 10.8 Å². The molecule has 0 atom stereocenters. The van der Waals surface area contributed by atoms with Gasteiger partial charge in [-0.2, -0.15) is 0 Å². The minimum Gasteiger partial charge on any atom is -0.414 e. The number of rotatable bonds is 6. The highest BCUT2D eigenvalue weighted by molar-refractivity contribution is 7.99. The Morgan fingerprint density at radius 2 is 2.24 bits per heavy atom. The number of thioether (sulfide) groups is 1. The minimum absolute atomic E-state index is 0.00314. The summed E-state index contributed by atoms with van der Waals surface area (Å²) < 4.78 is 7.24. The van der Waals surface area contributed by atoms with Crippen LogP contribution in [0.25, 0.3) is 10.2 Å². The highest BCUT2D eigenvalue weighted by Crippen LogP contribution is 2.34. The van der Waals surface area contributed by atoms with Crippen LogP contribution in [0.15, 0.2) is 20.8 Å². The number of hydrogen-bond donors (Lipinski definition) is 0. The monoisotopic (exact) mass is 376 g/mol. The van der Waals surface area contributed by atoms with Crippen molar-refractivity contribution in [2.45, 2.75) is 51.3 Å². The molecule has 3 aromatic heterocycles. The topological polar surface area (TPSA) is 73.8 Å². The van der Waals surface area contributed by atoms with Crippen LogP contribution in [0.1, 0.15) is 43.0 Å². The van der Waals surface area contributed by atoms with Crippen LogP contribution >= 0.6 is 23.1 Å². The summed E-state index contributed by atoms with van der Waals surface area (Å²) in [5.74, 6) is 2.05. The lowest BCUT2D eigenvalue weighted by atomic mass is 10.2. The molecular formula is C17H20N4O2S2. The minimum atomic E-state index is -0.00314. The standard InChI is InChI=1S/C17H20N4O2S2/c1-10(2)6-7-24-17-20-19-13(23-17)8-21-9-18-15-14(16(21)22)11-4-3-5-12(11)25-15/h9-10H,3-8H2,1-2H3. The highest BCUT2D eigenvalue weighted by Gasteiger charge is 2.21. The van der Waals surface area contributed by atoms with Gasteiger partial charge in [0.15, 0.2) is 0 Å². The van der Waals surface area contributed by atoms with E-state index in [4.69, 9.17) is 4.42 Å². The summed E-state index contributed by atoms with van der Waals surface area (Å²) in [5.41, 5.74) is 1.19. The molecule has 3 aromatic rings. The maximum Gasteiger partial charge on any atom is 0.276 e. The number of aryl methyl sites for hydroxylation is 2. The van der Waals surface area contributed by atoms with Gasteiger partial charge in [0.05, 0.1) is 11.7 Å². The first-order valence-corrected chi connectivity index (χ1v) is 10.4. The van der Waals surface area contributed by atoms with Crippen molar-refractivity contribution in [2.24, 2.45) is 5.92 Å². The van der Waals surface area contributed by atoms with E-state index in [1.165, 1.54) is 10.4 Å². The molecule has 0 radical (unpaired) electrons. The van der Waals surface area contributed by atoms with Crippen LogP contribution < -0.4 is 5.56 Å². The van der Waals surface area contributed by atoms with Crippen LogP contribution in [0.5, 0.6) is 0 Å². The average molecular weight is 377 g/mol. The molecule has 0 amide bonds. The molecule has 0 saturated carbocycles. The maximum atomic E-state index is 12.8. The molecular weight excluding hydrogens is 356 g/mol. The quantitative estimate of drug-likeness (QED) is 0.613. The summed E-state index contributed by atoms with van der Waals surface area (Å²) in [7, 11) is 0. The van der Waals surface area contributed by atoms with E-state index in [0.29, 0.717) is 17.0 Å². The predicted molar refractivity (Wildman–Crippen MR) is 99.5 cm³/mol. The van der Waals surface area contributed by atoms with Crippen LogP contribution in [0, 0.1) is 5.92 Å². The van der Waals surface area contributed by atoms with Gasteiger partial charge in [-0.15, -0.1) is 21.5 Å². The molecule has 0 N–H and O–H groups in total. The number of nitrogens with zero attached hydrogens (tertiary/aromatic N) is 4. The third-order valence-corrected chi connectivity index (χ3v) is 6.42. The fraction of sp³-hybridized carbons (Fsp3) is 0.529. The van der Waals surface area contributed by atoms with Crippen molar-refractivity contribution < 1.29 is 4.42 Å². The van der Waals surface area contributed by atoms with E-state index in [1.807, 2.05) is 0 Å². The largest absolute Gasteiger partial charge is 0.414 e. The Hall–Kier alpha value is -1.67. The van der Waals surface area contributed by atoms with Gasteiger partial charge in [0.1, 0.15) is 11.4 Å². The van der Waals surface area contributed by atoms with Gasteiger partial charge in [-0.1, -0.05) is 25.6 Å². The molecule has 1 aliphatic carbocycles. The number of thiophene rings is 1. The van der Waals surface area contributed by atoms with E-state index in [1.54, 1.807) is 34.0 Å². The molecule has 0 fully saturated rings. The van der Waals surface area contributed by atoms with Crippen LogP contribution in [0.4, 0.5) is 0 Å². The van der Waals surface area contributed by atoms with Crippen molar-refractivity contribution in [1.82, 2.24) is 19.7 Å². The second kappa shape index (κ2) is 6.92. The molecule has 0 bridgehead atoms.